The number of benzene rings is 1. The largest absolute Gasteiger partial charge is 0.323 e. The summed E-state index contributed by atoms with van der Waals surface area (Å²) in [6, 6.07) is 5.78. The van der Waals surface area contributed by atoms with E-state index in [-0.39, 0.29) is 11.7 Å². The van der Waals surface area contributed by atoms with Gasteiger partial charge in [-0.05, 0) is 44.0 Å². The second-order valence-electron chi connectivity index (χ2n) is 3.34. The lowest BCUT2D eigenvalue weighted by atomic mass is 10.2. The standard InChI is InChI=1S/C11H7Br2FN4/c12-8-5-16-11(9(13)17-8)18-10(15)6-2-1-3-7(14)4-6/h1-5H,(H2,15,16,18). The van der Waals surface area contributed by atoms with Gasteiger partial charge in [-0.15, -0.1) is 0 Å². The summed E-state index contributed by atoms with van der Waals surface area (Å²) in [6.45, 7) is 0. The smallest absolute Gasteiger partial charge is 0.164 e. The molecule has 0 amide bonds. The number of hydrogen-bond acceptors (Lipinski definition) is 3. The van der Waals surface area contributed by atoms with E-state index >= 15 is 0 Å². The highest BCUT2D eigenvalue weighted by molar-refractivity contribution is 9.11. The molecule has 0 aliphatic rings. The molecule has 0 saturated carbocycles. The summed E-state index contributed by atoms with van der Waals surface area (Å²) in [5.74, 6) is 0.0549. The summed E-state index contributed by atoms with van der Waals surface area (Å²) in [6.07, 6.45) is 1.51. The molecule has 0 atom stereocenters. The molecular formula is C11H7Br2FN4. The minimum Gasteiger partial charge on any atom is -0.323 e. The van der Waals surface area contributed by atoms with E-state index in [9.17, 15) is 4.39 Å². The molecular weight excluding hydrogens is 367 g/mol. The Bertz CT molecular complexity index is 603. The van der Waals surface area contributed by atoms with Gasteiger partial charge < -0.3 is 5.32 Å². The first-order valence-corrected chi connectivity index (χ1v) is 6.44. The van der Waals surface area contributed by atoms with E-state index in [1.54, 1.807) is 12.1 Å². The third-order valence-corrected chi connectivity index (χ3v) is 2.99. The van der Waals surface area contributed by atoms with Crippen molar-refractivity contribution in [2.45, 2.75) is 0 Å². The average molecular weight is 374 g/mol. The normalized spacial score (nSPS) is 10.2. The highest BCUT2D eigenvalue weighted by atomic mass is 79.9. The number of aromatic nitrogens is 2. The number of rotatable bonds is 2. The van der Waals surface area contributed by atoms with E-state index in [2.05, 4.69) is 47.1 Å². The van der Waals surface area contributed by atoms with E-state index in [1.165, 1.54) is 18.3 Å². The molecule has 1 aromatic carbocycles. The van der Waals surface area contributed by atoms with Crippen LogP contribution in [0.2, 0.25) is 0 Å². The molecule has 0 unspecified atom stereocenters. The molecule has 18 heavy (non-hydrogen) atoms. The van der Waals surface area contributed by atoms with Crippen molar-refractivity contribution in [3.63, 3.8) is 0 Å². The number of hydrogen-bond donors (Lipinski definition) is 2. The maximum Gasteiger partial charge on any atom is 0.164 e. The Kier molecular flexibility index (Phi) is 4.03. The molecule has 7 heteroatoms. The predicted octanol–water partition coefficient (Wildman–Crippen LogP) is 3.58. The molecule has 2 aromatic rings. The molecule has 0 aliphatic carbocycles. The molecule has 0 fully saturated rings. The molecule has 92 valence electrons. The third-order valence-electron chi connectivity index (χ3n) is 2.06. The molecule has 1 aromatic heterocycles. The van der Waals surface area contributed by atoms with Crippen LogP contribution < -0.4 is 5.32 Å². The van der Waals surface area contributed by atoms with Crippen LogP contribution in [0.1, 0.15) is 5.56 Å². The molecule has 0 aliphatic heterocycles. The summed E-state index contributed by atoms with van der Waals surface area (Å²) in [7, 11) is 0. The van der Waals surface area contributed by atoms with Crippen LogP contribution >= 0.6 is 31.9 Å². The van der Waals surface area contributed by atoms with Crippen molar-refractivity contribution in [3.05, 3.63) is 51.0 Å². The van der Waals surface area contributed by atoms with Crippen LogP contribution in [-0.4, -0.2) is 15.8 Å². The first-order valence-electron chi connectivity index (χ1n) is 4.86. The first-order chi connectivity index (χ1) is 8.56. The Labute approximate surface area is 119 Å². The van der Waals surface area contributed by atoms with E-state index < -0.39 is 0 Å². The van der Waals surface area contributed by atoms with Gasteiger partial charge in [-0.3, -0.25) is 5.41 Å². The van der Waals surface area contributed by atoms with Gasteiger partial charge in [0, 0.05) is 5.56 Å². The maximum absolute atomic E-state index is 13.0. The highest BCUT2D eigenvalue weighted by Crippen LogP contribution is 2.20. The maximum atomic E-state index is 13.0. The Morgan fingerprint density at radius 1 is 1.33 bits per heavy atom. The fraction of sp³-hybridized carbons (Fsp3) is 0. The van der Waals surface area contributed by atoms with Crippen LogP contribution in [0.3, 0.4) is 0 Å². The predicted molar refractivity (Wildman–Crippen MR) is 74.3 cm³/mol. The van der Waals surface area contributed by atoms with Crippen LogP contribution in [0.15, 0.2) is 39.7 Å². The van der Waals surface area contributed by atoms with Crippen molar-refractivity contribution in [2.24, 2.45) is 0 Å². The Morgan fingerprint density at radius 2 is 2.11 bits per heavy atom. The number of nitrogens with zero attached hydrogens (tertiary/aromatic N) is 2. The highest BCUT2D eigenvalue weighted by Gasteiger charge is 2.08. The third kappa shape index (κ3) is 3.11. The number of anilines is 1. The number of nitrogens with one attached hydrogen (secondary N) is 2. The van der Waals surface area contributed by atoms with E-state index in [4.69, 9.17) is 5.41 Å². The zero-order valence-electron chi connectivity index (χ0n) is 8.92. The van der Waals surface area contributed by atoms with Gasteiger partial charge >= 0.3 is 0 Å². The summed E-state index contributed by atoms with van der Waals surface area (Å²) in [4.78, 5) is 8.14. The van der Waals surface area contributed by atoms with Gasteiger partial charge in [-0.2, -0.15) is 0 Å². The molecule has 0 radical (unpaired) electrons. The van der Waals surface area contributed by atoms with Gasteiger partial charge in [0.1, 0.15) is 20.9 Å². The fourth-order valence-electron chi connectivity index (χ4n) is 1.27. The average Bonchev–Trinajstić information content (AvgIpc) is 2.32. The second-order valence-corrected chi connectivity index (χ2v) is 4.91. The monoisotopic (exact) mass is 372 g/mol. The van der Waals surface area contributed by atoms with Crippen molar-refractivity contribution in [1.29, 1.82) is 5.41 Å². The lowest BCUT2D eigenvalue weighted by molar-refractivity contribution is 0.627. The van der Waals surface area contributed by atoms with Crippen LogP contribution in [0.5, 0.6) is 0 Å². The molecule has 1 heterocycles. The summed E-state index contributed by atoms with van der Waals surface area (Å²) in [5, 5.41) is 10.6. The van der Waals surface area contributed by atoms with Gasteiger partial charge in [0.2, 0.25) is 0 Å². The zero-order chi connectivity index (χ0) is 13.1. The topological polar surface area (TPSA) is 61.7 Å². The van der Waals surface area contributed by atoms with Crippen molar-refractivity contribution in [3.8, 4) is 0 Å². The molecule has 2 rings (SSSR count). The Balaban J connectivity index is 2.21. The van der Waals surface area contributed by atoms with Crippen molar-refractivity contribution >= 4 is 43.5 Å². The first kappa shape index (κ1) is 13.1. The molecule has 0 saturated heterocycles. The van der Waals surface area contributed by atoms with Crippen LogP contribution in [0.25, 0.3) is 0 Å². The minimum atomic E-state index is -0.389. The van der Waals surface area contributed by atoms with Crippen molar-refractivity contribution < 1.29 is 4.39 Å². The van der Waals surface area contributed by atoms with Gasteiger partial charge in [0.15, 0.2) is 5.82 Å². The van der Waals surface area contributed by atoms with E-state index in [1.807, 2.05) is 0 Å². The van der Waals surface area contributed by atoms with Gasteiger partial charge in [-0.1, -0.05) is 12.1 Å². The summed E-state index contributed by atoms with van der Waals surface area (Å²) < 4.78 is 14.1. The summed E-state index contributed by atoms with van der Waals surface area (Å²) >= 11 is 6.41. The summed E-state index contributed by atoms with van der Waals surface area (Å²) in [5.41, 5.74) is 0.437. The van der Waals surface area contributed by atoms with E-state index in [0.29, 0.717) is 20.6 Å². The van der Waals surface area contributed by atoms with Gasteiger partial charge in [0.25, 0.3) is 0 Å². The molecule has 0 bridgehead atoms. The van der Waals surface area contributed by atoms with Crippen LogP contribution in [-0.2, 0) is 0 Å². The Morgan fingerprint density at radius 3 is 2.78 bits per heavy atom. The SMILES string of the molecule is N=C(Nc1ncc(Br)nc1Br)c1cccc(F)c1. The van der Waals surface area contributed by atoms with Gasteiger partial charge in [0.05, 0.1) is 6.20 Å². The van der Waals surface area contributed by atoms with E-state index in [0.717, 1.165) is 0 Å². The second kappa shape index (κ2) is 5.53. The zero-order valence-corrected chi connectivity index (χ0v) is 12.1. The quantitative estimate of drug-likeness (QED) is 0.624. The Hall–Kier alpha value is -1.34. The number of halogens is 3. The lowest BCUT2D eigenvalue weighted by Crippen LogP contribution is -2.14. The van der Waals surface area contributed by atoms with Crippen LogP contribution in [0.4, 0.5) is 10.2 Å². The van der Waals surface area contributed by atoms with Gasteiger partial charge in [-0.25, -0.2) is 14.4 Å². The number of amidine groups is 1. The molecule has 2 N–H and O–H groups in total. The minimum absolute atomic E-state index is 0.0480. The fourth-order valence-corrected chi connectivity index (χ4v) is 2.18. The van der Waals surface area contributed by atoms with Crippen LogP contribution in [0, 0.1) is 11.2 Å². The van der Waals surface area contributed by atoms with Crippen molar-refractivity contribution in [2.75, 3.05) is 5.32 Å². The molecule has 0 spiro atoms. The molecule has 4 nitrogen and oxygen atoms in total. The van der Waals surface area contributed by atoms with Crippen molar-refractivity contribution in [1.82, 2.24) is 9.97 Å². The lowest BCUT2D eigenvalue weighted by Gasteiger charge is -2.08.